The molecule has 0 saturated heterocycles. The molecule has 0 bridgehead atoms. The molecule has 40 heavy (non-hydrogen) atoms. The second kappa shape index (κ2) is 11.5. The van der Waals surface area contributed by atoms with E-state index in [4.69, 9.17) is 14.4 Å². The predicted molar refractivity (Wildman–Crippen MR) is 151 cm³/mol. The number of nitro groups is 1. The van der Waals surface area contributed by atoms with Crippen molar-refractivity contribution in [2.45, 2.75) is 37.3 Å². The van der Waals surface area contributed by atoms with Crippen molar-refractivity contribution in [2.75, 3.05) is 13.2 Å². The Bertz CT molecular complexity index is 1590. The zero-order valence-electron chi connectivity index (χ0n) is 21.6. The largest absolute Gasteiger partial charge is 0.324 e. The third-order valence-electron chi connectivity index (χ3n) is 7.04. The minimum atomic E-state index is -0.471. The summed E-state index contributed by atoms with van der Waals surface area (Å²) >= 11 is -0.471. The van der Waals surface area contributed by atoms with Gasteiger partial charge in [0.2, 0.25) is 5.91 Å². The molecule has 204 valence electrons. The Morgan fingerprint density at radius 2 is 1.88 bits per heavy atom. The van der Waals surface area contributed by atoms with Crippen molar-refractivity contribution in [1.82, 2.24) is 20.5 Å². The van der Waals surface area contributed by atoms with Gasteiger partial charge in [0.15, 0.2) is 0 Å². The van der Waals surface area contributed by atoms with Gasteiger partial charge < -0.3 is 10.2 Å². The van der Waals surface area contributed by atoms with Crippen molar-refractivity contribution in [1.29, 1.82) is 0 Å². The number of allylic oxidation sites excluding steroid dienone is 1. The maximum Gasteiger partial charge on any atom is 0.0709 e. The van der Waals surface area contributed by atoms with Crippen molar-refractivity contribution < 1.29 is 19.1 Å². The average molecular weight is 602 g/mol. The minimum absolute atomic E-state index is 0.0636. The smallest absolute Gasteiger partial charge is 0.0709 e. The van der Waals surface area contributed by atoms with E-state index in [9.17, 15) is 14.9 Å². The molecule has 0 saturated carbocycles. The molecule has 3 aliphatic heterocycles. The molecule has 1 atom stereocenters. The van der Waals surface area contributed by atoms with E-state index in [1.165, 1.54) is 6.07 Å². The Balaban J connectivity index is 0.938. The van der Waals surface area contributed by atoms with Crippen LogP contribution >= 0.6 is 0 Å². The van der Waals surface area contributed by atoms with Crippen LogP contribution in [0.2, 0.25) is 5.21 Å². The topological polar surface area (TPSA) is 136 Å². The number of fused-ring (bicyclic) bond motifs is 1. The van der Waals surface area contributed by atoms with Gasteiger partial charge in [0.1, 0.15) is 0 Å². The first-order valence-corrected chi connectivity index (χ1v) is 15.8. The van der Waals surface area contributed by atoms with E-state index in [1.54, 1.807) is 12.1 Å². The molecular formula is C28H27AsN6O5. The number of rotatable bonds is 11. The standard InChI is InChI=1S/C28H27AsN6O5/c36-24-12-7-19-17-30-28(34-15-13-22(31-24)27(19)34)18-5-8-20(9-6-18)39-16-4-2-1-3-14-29-21-10-11-23(35(37)38)26-25(21)32-40-33-26/h5-12,17,29H,1-4,13-16H2,(H,31,36). The summed E-state index contributed by atoms with van der Waals surface area (Å²) in [6, 6.07) is 11.3. The molecule has 6 rings (SSSR count). The number of amidine groups is 1. The Hall–Kier alpha value is -4.24. The number of nitro benzene ring substituents is 1. The van der Waals surface area contributed by atoms with E-state index in [1.807, 2.05) is 36.5 Å². The van der Waals surface area contributed by atoms with Crippen LogP contribution in [0.1, 0.15) is 37.7 Å². The van der Waals surface area contributed by atoms with Crippen molar-refractivity contribution in [3.8, 4) is 5.75 Å². The molecular weight excluding hydrogens is 575 g/mol. The Morgan fingerprint density at radius 3 is 2.73 bits per heavy atom. The summed E-state index contributed by atoms with van der Waals surface area (Å²) in [5, 5.41) is 22.8. The number of aromatic nitrogens is 2. The number of nitrogens with one attached hydrogen (secondary N) is 1. The molecule has 11 nitrogen and oxygen atoms in total. The van der Waals surface area contributed by atoms with Crippen LogP contribution in [-0.4, -0.2) is 60.8 Å². The first-order chi connectivity index (χ1) is 19.6. The second-order valence-electron chi connectivity index (χ2n) is 9.65. The Kier molecular flexibility index (Phi) is 7.46. The van der Waals surface area contributed by atoms with E-state index >= 15 is 0 Å². The molecule has 0 aliphatic carbocycles. The number of benzene rings is 2. The van der Waals surface area contributed by atoms with Crippen LogP contribution in [0.25, 0.3) is 11.0 Å². The van der Waals surface area contributed by atoms with E-state index in [0.29, 0.717) is 12.1 Å². The summed E-state index contributed by atoms with van der Waals surface area (Å²) in [5.41, 5.74) is 4.65. The first-order valence-electron chi connectivity index (χ1n) is 13.2. The van der Waals surface area contributed by atoms with Crippen molar-refractivity contribution in [2.24, 2.45) is 4.99 Å². The summed E-state index contributed by atoms with van der Waals surface area (Å²) in [6.45, 7) is 1.44. The summed E-state index contributed by atoms with van der Waals surface area (Å²) in [5.74, 6) is 1.61. The molecule has 0 fully saturated rings. The molecule has 1 aromatic heterocycles. The van der Waals surface area contributed by atoms with Gasteiger partial charge in [-0.2, -0.15) is 0 Å². The van der Waals surface area contributed by atoms with E-state index in [-0.39, 0.29) is 17.1 Å². The van der Waals surface area contributed by atoms with Crippen LogP contribution in [0, 0.1) is 10.1 Å². The number of hydrogen-bond acceptors (Lipinski definition) is 9. The van der Waals surface area contributed by atoms with Gasteiger partial charge in [-0.05, 0) is 6.08 Å². The van der Waals surface area contributed by atoms with Crippen LogP contribution in [-0.2, 0) is 4.79 Å². The van der Waals surface area contributed by atoms with Crippen LogP contribution in [0.3, 0.4) is 0 Å². The van der Waals surface area contributed by atoms with Gasteiger partial charge in [-0.3, -0.25) is 4.79 Å². The molecule has 0 spiro atoms. The maximum absolute atomic E-state index is 11.9. The van der Waals surface area contributed by atoms with Crippen molar-refractivity contribution in [3.63, 3.8) is 0 Å². The number of aliphatic imine (C=N–C) groups is 1. The molecule has 1 unspecified atom stereocenters. The molecule has 3 aromatic rings. The van der Waals surface area contributed by atoms with E-state index in [0.717, 1.165) is 82.3 Å². The first kappa shape index (κ1) is 26.0. The van der Waals surface area contributed by atoms with E-state index in [2.05, 4.69) is 20.5 Å². The zero-order chi connectivity index (χ0) is 27.5. The molecule has 2 aromatic carbocycles. The number of non-ortho nitro benzene ring substituents is 1. The summed E-state index contributed by atoms with van der Waals surface area (Å²) in [6.07, 6.45) is 10.2. The Morgan fingerprint density at radius 1 is 1.05 bits per heavy atom. The van der Waals surface area contributed by atoms with Crippen molar-refractivity contribution >= 4 is 48.6 Å². The SMILES string of the molecule is O=C1C=CC2=CN=C(c3ccc(OCCCCCC[AsH]c4ccc([N+](=O)[O-])c5nonc45)cc3)N3CCC(=C23)N1. The third-order valence-corrected chi connectivity index (χ3v) is 9.96. The number of nitrogens with zero attached hydrogens (tertiary/aromatic N) is 5. The summed E-state index contributed by atoms with van der Waals surface area (Å²) < 4.78 is 11.8. The Labute approximate surface area is 236 Å². The van der Waals surface area contributed by atoms with Gasteiger partial charge in [-0.25, -0.2) is 4.99 Å². The van der Waals surface area contributed by atoms with Gasteiger partial charge in [-0.15, -0.1) is 0 Å². The summed E-state index contributed by atoms with van der Waals surface area (Å²) in [4.78, 5) is 29.5. The average Bonchev–Trinajstić information content (AvgIpc) is 3.58. The molecule has 12 heteroatoms. The van der Waals surface area contributed by atoms with Crippen LogP contribution in [0.15, 0.2) is 81.3 Å². The molecule has 1 amide bonds. The number of carbonyl (C=O) groups is 1. The quantitative estimate of drug-likeness (QED) is 0.153. The van der Waals surface area contributed by atoms with Gasteiger partial charge in [0, 0.05) is 36.5 Å². The van der Waals surface area contributed by atoms with Gasteiger partial charge in [0.25, 0.3) is 0 Å². The molecule has 4 heterocycles. The van der Waals surface area contributed by atoms with Crippen molar-refractivity contribution in [3.05, 3.63) is 87.4 Å². The van der Waals surface area contributed by atoms with Gasteiger partial charge >= 0.3 is 163 Å². The van der Waals surface area contributed by atoms with E-state index < -0.39 is 20.7 Å². The van der Waals surface area contributed by atoms with Crippen LogP contribution in [0.5, 0.6) is 5.75 Å². The molecule has 3 aliphatic rings. The second-order valence-corrected chi connectivity index (χ2v) is 12.6. The van der Waals surface area contributed by atoms with Gasteiger partial charge in [0.05, 0.1) is 5.70 Å². The number of amides is 1. The fraction of sp³-hybridized carbons (Fsp3) is 0.286. The fourth-order valence-electron chi connectivity index (χ4n) is 5.09. The number of hydrogen-bond donors (Lipinski definition) is 1. The van der Waals surface area contributed by atoms with Crippen LogP contribution in [0.4, 0.5) is 5.69 Å². The summed E-state index contributed by atoms with van der Waals surface area (Å²) in [7, 11) is 0. The molecule has 0 radical (unpaired) electrons. The molecule has 1 N–H and O–H groups in total. The number of carbonyl (C=O) groups excluding carboxylic acids is 1. The zero-order valence-corrected chi connectivity index (χ0v) is 23.7. The minimum Gasteiger partial charge on any atom is -0.324 e. The van der Waals surface area contributed by atoms with Crippen LogP contribution < -0.4 is 14.4 Å². The maximum atomic E-state index is 11.9. The predicted octanol–water partition coefficient (Wildman–Crippen LogP) is 3.50. The fourth-order valence-corrected chi connectivity index (χ4v) is 7.67. The number of unbranched alkanes of at least 4 members (excludes halogenated alkanes) is 3. The normalized spacial score (nSPS) is 16.3. The number of ether oxygens (including phenoxy) is 1. The monoisotopic (exact) mass is 602 g/mol. The third kappa shape index (κ3) is 5.29. The van der Waals surface area contributed by atoms with Gasteiger partial charge in [-0.1, -0.05) is 0 Å².